The fraction of sp³-hybridized carbons (Fsp3) is 0. The molecule has 0 unspecified atom stereocenters. The van der Waals surface area contributed by atoms with Crippen molar-refractivity contribution in [2.24, 2.45) is 0 Å². The molecule has 0 saturated heterocycles. The van der Waals surface area contributed by atoms with Crippen LogP contribution in [-0.2, 0) is 0 Å². The Balaban J connectivity index is 2.83. The standard InChI is InChI=1S/C10H8N2O/c1-11-12-7-3-5-8-4-2-6-9(13-11)10(8)12/h2-7H,1H2/q+2. The number of rotatable bonds is 0. The van der Waals surface area contributed by atoms with Crippen molar-refractivity contribution in [1.82, 2.24) is 0 Å². The van der Waals surface area contributed by atoms with Gasteiger partial charge in [0.15, 0.2) is 0 Å². The Morgan fingerprint density at radius 2 is 2.00 bits per heavy atom. The van der Waals surface area contributed by atoms with Crippen LogP contribution in [0.25, 0.3) is 16.5 Å². The Kier molecular flexibility index (Phi) is 1.05. The number of benzene rings is 1. The van der Waals surface area contributed by atoms with Crippen molar-refractivity contribution in [2.75, 3.05) is 0 Å². The van der Waals surface area contributed by atoms with Crippen molar-refractivity contribution in [3.05, 3.63) is 43.2 Å². The molecule has 3 nitrogen and oxygen atoms in total. The van der Waals surface area contributed by atoms with E-state index in [2.05, 4.69) is 18.9 Å². The lowest BCUT2D eigenvalue weighted by molar-refractivity contribution is -1.17. The minimum atomic E-state index is 0.855. The van der Waals surface area contributed by atoms with Crippen molar-refractivity contribution in [3.63, 3.8) is 0 Å². The molecule has 0 radical (unpaired) electrons. The molecule has 62 valence electrons. The largest absolute Gasteiger partial charge is 0.338 e. The number of aromatic nitrogens is 2. The third-order valence-electron chi connectivity index (χ3n) is 2.21. The van der Waals surface area contributed by atoms with Crippen LogP contribution >= 0.6 is 0 Å². The van der Waals surface area contributed by atoms with Gasteiger partial charge in [0.2, 0.25) is 10.7 Å². The van der Waals surface area contributed by atoms with Gasteiger partial charge in [-0.15, -0.1) is 0 Å². The molecular weight excluding hydrogens is 164 g/mol. The minimum absolute atomic E-state index is 0.855. The molecule has 0 amide bonds. The van der Waals surface area contributed by atoms with Gasteiger partial charge in [0.05, 0.1) is 5.39 Å². The highest BCUT2D eigenvalue weighted by Gasteiger charge is 2.20. The summed E-state index contributed by atoms with van der Waals surface area (Å²) in [6.45, 7) is 3.75. The summed E-state index contributed by atoms with van der Waals surface area (Å²) < 4.78 is 8.76. The number of para-hydroxylation sites is 1. The molecule has 1 aromatic carbocycles. The first kappa shape index (κ1) is 6.60. The highest BCUT2D eigenvalue weighted by atomic mass is 16.5. The van der Waals surface area contributed by atoms with E-state index in [0.29, 0.717) is 0 Å². The maximum Gasteiger partial charge on any atom is 0.338 e. The predicted octanol–water partition coefficient (Wildman–Crippen LogP) is 0.818. The van der Waals surface area contributed by atoms with E-state index >= 15 is 0 Å². The van der Waals surface area contributed by atoms with Crippen molar-refractivity contribution >= 4 is 16.5 Å². The van der Waals surface area contributed by atoms with Crippen LogP contribution in [0.4, 0.5) is 0 Å². The predicted molar refractivity (Wildman–Crippen MR) is 45.9 cm³/mol. The molecule has 3 heteroatoms. The van der Waals surface area contributed by atoms with E-state index in [0.717, 1.165) is 16.5 Å². The zero-order valence-electron chi connectivity index (χ0n) is 6.97. The van der Waals surface area contributed by atoms with Crippen LogP contribution < -0.4 is 9.05 Å². The van der Waals surface area contributed by atoms with Gasteiger partial charge in [-0.05, 0) is 18.2 Å². The second-order valence-electron chi connectivity index (χ2n) is 2.99. The average molecular weight is 172 g/mol. The van der Waals surface area contributed by atoms with E-state index in [-0.39, 0.29) is 0 Å². The number of hydrogen-bond donors (Lipinski definition) is 0. The van der Waals surface area contributed by atoms with Crippen LogP contribution in [0.5, 0.6) is 0 Å². The molecule has 0 aliphatic heterocycles. The molecule has 0 spiro atoms. The summed E-state index contributed by atoms with van der Waals surface area (Å²) in [6.07, 6.45) is 1.92. The summed E-state index contributed by atoms with van der Waals surface area (Å²) in [7, 11) is 0. The molecule has 0 saturated carbocycles. The molecular formula is C10H8N2O+2. The molecule has 2 heterocycles. The number of nitrogens with zero attached hydrogens (tertiary/aromatic N) is 2. The van der Waals surface area contributed by atoms with Crippen LogP contribution in [0.2, 0.25) is 0 Å². The second kappa shape index (κ2) is 2.07. The van der Waals surface area contributed by atoms with Gasteiger partial charge in [-0.2, -0.15) is 4.52 Å². The summed E-state index contributed by atoms with van der Waals surface area (Å²) in [5, 5.41) is 1.16. The number of hydrogen-bond acceptors (Lipinski definition) is 1. The van der Waals surface area contributed by atoms with Gasteiger partial charge in [-0.25, -0.2) is 0 Å². The number of pyridine rings is 1. The summed E-state index contributed by atoms with van der Waals surface area (Å²) in [5.74, 6) is 0. The van der Waals surface area contributed by atoms with E-state index in [4.69, 9.17) is 4.52 Å². The summed E-state index contributed by atoms with van der Waals surface area (Å²) in [5.41, 5.74) is 1.92. The molecule has 0 fully saturated rings. The fourth-order valence-electron chi connectivity index (χ4n) is 1.64. The van der Waals surface area contributed by atoms with Gasteiger partial charge in [0.1, 0.15) is 4.52 Å². The van der Waals surface area contributed by atoms with Crippen molar-refractivity contribution in [2.45, 2.75) is 0 Å². The molecule has 0 bridgehead atoms. The van der Waals surface area contributed by atoms with Gasteiger partial charge in [0, 0.05) is 6.07 Å². The van der Waals surface area contributed by atoms with Gasteiger partial charge >= 0.3 is 5.52 Å². The van der Waals surface area contributed by atoms with Crippen LogP contribution in [0.3, 0.4) is 0 Å². The van der Waals surface area contributed by atoms with E-state index in [1.165, 1.54) is 4.53 Å². The highest BCUT2D eigenvalue weighted by molar-refractivity contribution is 5.87. The second-order valence-corrected chi connectivity index (χ2v) is 2.99. The van der Waals surface area contributed by atoms with Crippen LogP contribution in [-0.4, -0.2) is 0 Å². The first-order valence-electron chi connectivity index (χ1n) is 4.08. The molecule has 3 aromatic rings. The molecule has 0 N–H and O–H groups in total. The Labute approximate surface area is 74.1 Å². The molecule has 0 aliphatic rings. The lowest BCUT2D eigenvalue weighted by atomic mass is 10.2. The Morgan fingerprint density at radius 3 is 2.92 bits per heavy atom. The fourth-order valence-corrected chi connectivity index (χ4v) is 1.64. The maximum atomic E-state index is 5.41. The van der Waals surface area contributed by atoms with Crippen molar-refractivity contribution < 1.29 is 13.6 Å². The van der Waals surface area contributed by atoms with Gasteiger partial charge in [-0.1, -0.05) is 6.07 Å². The van der Waals surface area contributed by atoms with E-state index in [9.17, 15) is 0 Å². The van der Waals surface area contributed by atoms with Crippen LogP contribution in [0.1, 0.15) is 0 Å². The summed E-state index contributed by atoms with van der Waals surface area (Å²) >= 11 is 0. The molecule has 2 aromatic heterocycles. The Morgan fingerprint density at radius 1 is 1.15 bits per heavy atom. The Bertz CT molecular complexity index is 621. The summed E-state index contributed by atoms with van der Waals surface area (Å²) in [6, 6.07) is 9.99. The lowest BCUT2D eigenvalue weighted by Crippen LogP contribution is -2.45. The van der Waals surface area contributed by atoms with E-state index in [1.807, 2.05) is 28.9 Å². The smallest absolute Gasteiger partial charge is 0.168 e. The third kappa shape index (κ3) is 0.731. The Hall–Kier alpha value is -1.90. The molecule has 0 atom stereocenters. The topological polar surface area (TPSA) is 23.1 Å². The van der Waals surface area contributed by atoms with Gasteiger partial charge in [-0.3, -0.25) is 0 Å². The minimum Gasteiger partial charge on any atom is -0.168 e. The molecule has 0 aliphatic carbocycles. The van der Waals surface area contributed by atoms with Crippen molar-refractivity contribution in [3.8, 4) is 0 Å². The van der Waals surface area contributed by atoms with Gasteiger partial charge in [0.25, 0.3) is 12.3 Å². The molecule has 13 heavy (non-hydrogen) atoms. The summed E-state index contributed by atoms with van der Waals surface area (Å²) in [4.78, 5) is 0. The van der Waals surface area contributed by atoms with Gasteiger partial charge < -0.3 is 0 Å². The zero-order valence-corrected chi connectivity index (χ0v) is 6.97. The quantitative estimate of drug-likeness (QED) is 0.460. The highest BCUT2D eigenvalue weighted by Crippen LogP contribution is 2.14. The van der Waals surface area contributed by atoms with E-state index < -0.39 is 0 Å². The zero-order chi connectivity index (χ0) is 8.84. The van der Waals surface area contributed by atoms with Crippen LogP contribution in [0, 0.1) is 6.72 Å². The first-order valence-corrected chi connectivity index (χ1v) is 4.08. The van der Waals surface area contributed by atoms with Crippen LogP contribution in [0.15, 0.2) is 41.1 Å². The van der Waals surface area contributed by atoms with Crippen molar-refractivity contribution in [1.29, 1.82) is 0 Å². The normalized spacial score (nSPS) is 11.4. The molecule has 3 rings (SSSR count). The maximum absolute atomic E-state index is 5.41. The lowest BCUT2D eigenvalue weighted by Gasteiger charge is -1.82. The SMILES string of the molecule is C=[n+]1oc2cccc3ccc[n+]1c32. The third-order valence-corrected chi connectivity index (χ3v) is 2.21. The van der Waals surface area contributed by atoms with E-state index in [1.54, 1.807) is 0 Å². The monoisotopic (exact) mass is 172 g/mol. The first-order chi connectivity index (χ1) is 6.36. The average Bonchev–Trinajstić information content (AvgIpc) is 2.47.